The average molecular weight is 351 g/mol. The van der Waals surface area contributed by atoms with Crippen LogP contribution in [-0.4, -0.2) is 36.1 Å². The summed E-state index contributed by atoms with van der Waals surface area (Å²) in [6, 6.07) is 3.51. The molecule has 0 unspecified atom stereocenters. The van der Waals surface area contributed by atoms with E-state index in [9.17, 15) is 18.9 Å². The molecular weight excluding hydrogens is 328 g/mol. The summed E-state index contributed by atoms with van der Waals surface area (Å²) in [5, 5.41) is 27.3. The van der Waals surface area contributed by atoms with Gasteiger partial charge in [-0.25, -0.2) is 0 Å². The van der Waals surface area contributed by atoms with Gasteiger partial charge in [-0.05, 0) is 6.07 Å². The largest absolute Gasteiger partial charge is 0.483 e. The van der Waals surface area contributed by atoms with Crippen molar-refractivity contribution in [3.8, 4) is 0 Å². The van der Waals surface area contributed by atoms with Crippen LogP contribution in [0.4, 0.5) is 20.2 Å². The molecule has 0 fully saturated rings. The van der Waals surface area contributed by atoms with E-state index in [1.165, 1.54) is 19.2 Å². The van der Waals surface area contributed by atoms with Gasteiger partial charge in [-0.15, -0.1) is 0 Å². The number of rotatable bonds is 4. The van der Waals surface area contributed by atoms with Crippen molar-refractivity contribution in [2.45, 2.75) is 34.3 Å². The molecule has 24 heavy (non-hydrogen) atoms. The van der Waals surface area contributed by atoms with E-state index >= 15 is 0 Å². The number of anilines is 1. The monoisotopic (exact) mass is 351 g/mol. The molecule has 0 aromatic heterocycles. The van der Waals surface area contributed by atoms with Crippen LogP contribution in [0.5, 0.6) is 0 Å². The van der Waals surface area contributed by atoms with Crippen LogP contribution in [0, 0.1) is 15.5 Å². The van der Waals surface area contributed by atoms with Crippen LogP contribution in [0.3, 0.4) is 0 Å². The molecule has 0 aliphatic carbocycles. The summed E-state index contributed by atoms with van der Waals surface area (Å²) in [6.07, 6.45) is 0. The number of halogens is 2. The lowest BCUT2D eigenvalue weighted by molar-refractivity contribution is -0.384. The molecule has 0 bridgehead atoms. The van der Waals surface area contributed by atoms with Crippen LogP contribution in [0.25, 0.3) is 0 Å². The van der Waals surface area contributed by atoms with Crippen LogP contribution < -0.4 is 5.32 Å². The number of carbonyl (C=O) groups is 1. The summed E-state index contributed by atoms with van der Waals surface area (Å²) in [6.45, 7) is 4.60. The van der Waals surface area contributed by atoms with Gasteiger partial charge in [0.15, 0.2) is 0 Å². The van der Waals surface area contributed by atoms with Crippen LogP contribution in [-0.2, 0) is 9.53 Å². The second-order valence-corrected chi connectivity index (χ2v) is 3.05. The first-order valence-corrected chi connectivity index (χ1v) is 6.95. The van der Waals surface area contributed by atoms with E-state index in [0.717, 1.165) is 6.07 Å². The number of carboxylic acid groups (broad SMARTS) is 1. The third kappa shape index (κ3) is 10.9. The Labute approximate surface area is 139 Å². The number of nitro groups is 1. The molecule has 0 saturated carbocycles. The van der Waals surface area contributed by atoms with Gasteiger partial charge in [0.05, 0.1) is 10.5 Å². The van der Waals surface area contributed by atoms with Gasteiger partial charge in [-0.1, -0.05) is 27.7 Å². The van der Waals surface area contributed by atoms with Crippen LogP contribution in [0.15, 0.2) is 18.2 Å². The molecule has 0 amide bonds. The van der Waals surface area contributed by atoms with Crippen LogP contribution in [0.2, 0.25) is 0 Å². The quantitative estimate of drug-likeness (QED) is 0.248. The number of ether oxygens (including phenoxy) is 1. The van der Waals surface area contributed by atoms with Crippen molar-refractivity contribution >= 4 is 23.7 Å². The number of hydrogen-bond acceptors (Lipinski definition) is 6. The third-order valence-electron chi connectivity index (χ3n) is 1.93. The summed E-state index contributed by atoms with van der Waals surface area (Å²) in [5.74, 6) is -0.826. The zero-order chi connectivity index (χ0) is 19.7. The smallest absolute Gasteiger partial charge is 0.388 e. The molecule has 1 aromatic carbocycles. The maximum absolute atomic E-state index is 11.9. The van der Waals surface area contributed by atoms with Crippen molar-refractivity contribution < 1.29 is 28.3 Å². The minimum atomic E-state index is -3.15. The number of non-ortho nitro benzene ring substituents is 1. The molecule has 1 rings (SSSR count). The first-order valence-electron chi connectivity index (χ1n) is 6.95. The van der Waals surface area contributed by atoms with Gasteiger partial charge < -0.3 is 15.2 Å². The minimum Gasteiger partial charge on any atom is -0.483 e. The Morgan fingerprint density at radius 2 is 1.83 bits per heavy atom. The Hall–Kier alpha value is -2.78. The van der Waals surface area contributed by atoms with E-state index in [1.807, 2.05) is 27.7 Å². The molecule has 10 heteroatoms. The molecule has 0 atom stereocenters. The van der Waals surface area contributed by atoms with Crippen molar-refractivity contribution in [2.24, 2.45) is 0 Å². The van der Waals surface area contributed by atoms with E-state index in [2.05, 4.69) is 10.1 Å². The average Bonchev–Trinajstić information content (AvgIpc) is 2.58. The first kappa shape index (κ1) is 26.1. The number of nitrogens with zero attached hydrogens (tertiary/aromatic N) is 1. The van der Waals surface area contributed by atoms with E-state index in [1.54, 1.807) is 0 Å². The van der Waals surface area contributed by atoms with Crippen molar-refractivity contribution in [2.75, 3.05) is 12.4 Å². The summed E-state index contributed by atoms with van der Waals surface area (Å²) in [7, 11) is 1.50. The van der Waals surface area contributed by atoms with E-state index in [-0.39, 0.29) is 17.7 Å². The molecule has 1 aromatic rings. The van der Waals surface area contributed by atoms with Crippen molar-refractivity contribution in [1.29, 1.82) is 5.41 Å². The first-order chi connectivity index (χ1) is 11.4. The Balaban J connectivity index is -0.000000549. The Bertz CT molecular complexity index is 499. The molecule has 0 saturated heterocycles. The SMILES string of the molecule is CC.CC.CNc1ccc([N+](=O)[O-])cc1C(=N)OC(F)F.O=CO. The van der Waals surface area contributed by atoms with E-state index in [4.69, 9.17) is 15.3 Å². The van der Waals surface area contributed by atoms with Gasteiger partial charge in [-0.2, -0.15) is 8.78 Å². The molecular formula is C14H23F2N3O5. The lowest BCUT2D eigenvalue weighted by Gasteiger charge is -2.10. The highest BCUT2D eigenvalue weighted by Crippen LogP contribution is 2.23. The minimum absolute atomic E-state index is 0.0954. The van der Waals surface area contributed by atoms with Gasteiger partial charge >= 0.3 is 6.61 Å². The van der Waals surface area contributed by atoms with Gasteiger partial charge in [0, 0.05) is 24.9 Å². The molecule has 0 aliphatic rings. The maximum atomic E-state index is 11.9. The molecule has 138 valence electrons. The maximum Gasteiger partial charge on any atom is 0.388 e. The zero-order valence-electron chi connectivity index (χ0n) is 14.2. The van der Waals surface area contributed by atoms with Crippen LogP contribution >= 0.6 is 0 Å². The number of benzene rings is 1. The summed E-state index contributed by atoms with van der Waals surface area (Å²) < 4.78 is 27.8. The number of alkyl halides is 2. The Morgan fingerprint density at radius 3 is 2.17 bits per heavy atom. The van der Waals surface area contributed by atoms with Crippen molar-refractivity contribution in [3.63, 3.8) is 0 Å². The molecule has 3 N–H and O–H groups in total. The van der Waals surface area contributed by atoms with Crippen molar-refractivity contribution in [1.82, 2.24) is 0 Å². The summed E-state index contributed by atoms with van der Waals surface area (Å²) >= 11 is 0. The fourth-order valence-electron chi connectivity index (χ4n) is 1.20. The normalized spacial score (nSPS) is 8.17. The summed E-state index contributed by atoms with van der Waals surface area (Å²) in [4.78, 5) is 18.2. The topological polar surface area (TPSA) is 126 Å². The van der Waals surface area contributed by atoms with E-state index in [0.29, 0.717) is 5.69 Å². The van der Waals surface area contributed by atoms with E-state index < -0.39 is 17.4 Å². The molecule has 0 heterocycles. The molecule has 0 aliphatic heterocycles. The standard InChI is InChI=1S/C9H9F2N3O3.2C2H6.CH2O2/c1-13-7-3-2-5(14(15)16)4-6(7)8(12)17-9(10)11;2*1-2;2-1-3/h2-4,9,12-13H,1H3;2*1-2H3;1H,(H,2,3). The summed E-state index contributed by atoms with van der Waals surface area (Å²) in [5.41, 5.74) is -0.107. The lowest BCUT2D eigenvalue weighted by Crippen LogP contribution is -2.12. The predicted octanol–water partition coefficient (Wildman–Crippen LogP) is 3.95. The highest BCUT2D eigenvalue weighted by atomic mass is 19.3. The molecule has 0 spiro atoms. The second-order valence-electron chi connectivity index (χ2n) is 3.05. The highest BCUT2D eigenvalue weighted by Gasteiger charge is 2.17. The van der Waals surface area contributed by atoms with Crippen LogP contribution in [0.1, 0.15) is 33.3 Å². The van der Waals surface area contributed by atoms with Crippen molar-refractivity contribution in [3.05, 3.63) is 33.9 Å². The number of nitrogens with one attached hydrogen (secondary N) is 2. The fourth-order valence-corrected chi connectivity index (χ4v) is 1.20. The number of hydrogen-bond donors (Lipinski definition) is 3. The fraction of sp³-hybridized carbons (Fsp3) is 0.429. The van der Waals surface area contributed by atoms with Gasteiger partial charge in [0.25, 0.3) is 12.2 Å². The number of nitro benzene ring substituents is 1. The van der Waals surface area contributed by atoms with Gasteiger partial charge in [0.1, 0.15) is 0 Å². The molecule has 0 radical (unpaired) electrons. The third-order valence-corrected chi connectivity index (χ3v) is 1.93. The Kier molecular flexibility index (Phi) is 18.1. The van der Waals surface area contributed by atoms with Gasteiger partial charge in [-0.3, -0.25) is 20.3 Å². The second kappa shape index (κ2) is 16.6. The zero-order valence-corrected chi connectivity index (χ0v) is 14.2. The predicted molar refractivity (Wildman–Crippen MR) is 87.9 cm³/mol. The lowest BCUT2D eigenvalue weighted by atomic mass is 10.1. The van der Waals surface area contributed by atoms with Gasteiger partial charge in [0.2, 0.25) is 5.90 Å². The highest BCUT2D eigenvalue weighted by molar-refractivity contribution is 5.98. The molecule has 8 nitrogen and oxygen atoms in total. The Morgan fingerprint density at radius 1 is 1.38 bits per heavy atom.